The number of carbonyl (C=O) groups is 2. The van der Waals surface area contributed by atoms with Crippen molar-refractivity contribution in [1.29, 1.82) is 0 Å². The van der Waals surface area contributed by atoms with Crippen LogP contribution in [0.25, 0.3) is 0 Å². The van der Waals surface area contributed by atoms with Crippen LogP contribution in [0.2, 0.25) is 10.0 Å². The summed E-state index contributed by atoms with van der Waals surface area (Å²) in [6.07, 6.45) is 0.147. The van der Waals surface area contributed by atoms with Crippen LogP contribution in [-0.2, 0) is 14.3 Å². The molecule has 0 unspecified atom stereocenters. The second-order valence-corrected chi connectivity index (χ2v) is 4.81. The highest BCUT2D eigenvalue weighted by Crippen LogP contribution is 2.26. The molecule has 7 heteroatoms. The van der Waals surface area contributed by atoms with Gasteiger partial charge in [-0.05, 0) is 12.1 Å². The van der Waals surface area contributed by atoms with Crippen molar-refractivity contribution in [3.05, 3.63) is 28.2 Å². The Morgan fingerprint density at radius 3 is 2.55 bits per heavy atom. The van der Waals surface area contributed by atoms with Gasteiger partial charge in [0.15, 0.2) is 0 Å². The zero-order valence-electron chi connectivity index (χ0n) is 11.2. The molecule has 0 aromatic heterocycles. The van der Waals surface area contributed by atoms with Crippen molar-refractivity contribution in [3.63, 3.8) is 0 Å². The molecule has 110 valence electrons. The van der Waals surface area contributed by atoms with E-state index >= 15 is 0 Å². The van der Waals surface area contributed by atoms with Gasteiger partial charge >= 0.3 is 5.97 Å². The molecular formula is C13H15Cl2NO4. The summed E-state index contributed by atoms with van der Waals surface area (Å²) in [4.78, 5) is 24.0. The third kappa shape index (κ3) is 5.27. The Morgan fingerprint density at radius 2 is 1.95 bits per heavy atom. The average molecular weight is 320 g/mol. The van der Waals surface area contributed by atoms with Gasteiger partial charge in [-0.25, -0.2) is 0 Å². The molecule has 0 heterocycles. The van der Waals surface area contributed by atoms with E-state index in [4.69, 9.17) is 27.9 Å². The summed E-state index contributed by atoms with van der Waals surface area (Å²) in [7, 11) is 2.80. The van der Waals surface area contributed by atoms with Gasteiger partial charge < -0.3 is 14.4 Å². The molecule has 1 amide bonds. The van der Waals surface area contributed by atoms with Crippen molar-refractivity contribution in [2.75, 3.05) is 27.3 Å². The zero-order chi connectivity index (χ0) is 15.1. The van der Waals surface area contributed by atoms with Crippen LogP contribution in [-0.4, -0.2) is 44.1 Å². The minimum atomic E-state index is -0.466. The molecule has 1 aromatic rings. The van der Waals surface area contributed by atoms with Gasteiger partial charge in [0.05, 0.1) is 30.2 Å². The van der Waals surface area contributed by atoms with Gasteiger partial charge in [-0.3, -0.25) is 9.59 Å². The monoisotopic (exact) mass is 319 g/mol. The molecule has 0 N–H and O–H groups in total. The number of likely N-dealkylation sites (N-methyl/N-ethyl adjacent to an activating group) is 1. The number of rotatable bonds is 6. The lowest BCUT2D eigenvalue weighted by Gasteiger charge is -2.15. The van der Waals surface area contributed by atoms with Gasteiger partial charge in [0.2, 0.25) is 5.91 Å². The summed E-state index contributed by atoms with van der Waals surface area (Å²) < 4.78 is 9.87. The maximum Gasteiger partial charge on any atom is 0.325 e. The van der Waals surface area contributed by atoms with E-state index in [-0.39, 0.29) is 25.5 Å². The molecule has 1 rings (SSSR count). The smallest absolute Gasteiger partial charge is 0.325 e. The third-order valence-electron chi connectivity index (χ3n) is 2.50. The van der Waals surface area contributed by atoms with Gasteiger partial charge in [0, 0.05) is 13.1 Å². The molecule has 0 aliphatic heterocycles. The molecule has 20 heavy (non-hydrogen) atoms. The number of methoxy groups -OCH3 is 1. The minimum absolute atomic E-state index is 0.0812. The zero-order valence-corrected chi connectivity index (χ0v) is 12.7. The van der Waals surface area contributed by atoms with Crippen molar-refractivity contribution in [2.45, 2.75) is 6.42 Å². The molecule has 0 bridgehead atoms. The van der Waals surface area contributed by atoms with Gasteiger partial charge in [-0.2, -0.15) is 0 Å². The second kappa shape index (κ2) is 7.97. The van der Waals surface area contributed by atoms with Gasteiger partial charge in [0.1, 0.15) is 12.3 Å². The van der Waals surface area contributed by atoms with Crippen LogP contribution >= 0.6 is 23.2 Å². The summed E-state index contributed by atoms with van der Waals surface area (Å²) in [6.45, 7) is 0.102. The first kappa shape index (κ1) is 16.6. The van der Waals surface area contributed by atoms with Crippen LogP contribution < -0.4 is 4.74 Å². The van der Waals surface area contributed by atoms with Gasteiger partial charge in [-0.15, -0.1) is 0 Å². The lowest BCUT2D eigenvalue weighted by Crippen LogP contribution is -2.33. The third-order valence-corrected chi connectivity index (χ3v) is 3.23. The van der Waals surface area contributed by atoms with Crippen LogP contribution in [0.3, 0.4) is 0 Å². The molecule has 0 saturated carbocycles. The number of halogens is 2. The summed E-state index contributed by atoms with van der Waals surface area (Å²) in [5, 5.41) is 0.825. The Kier molecular flexibility index (Phi) is 6.61. The van der Waals surface area contributed by atoms with Crippen LogP contribution in [0.1, 0.15) is 6.42 Å². The summed E-state index contributed by atoms with van der Waals surface area (Å²) in [5.41, 5.74) is 0. The topological polar surface area (TPSA) is 55.8 Å². The molecule has 0 aliphatic rings. The number of esters is 1. The van der Waals surface area contributed by atoms with Gasteiger partial charge in [-0.1, -0.05) is 23.2 Å². The highest BCUT2D eigenvalue weighted by atomic mass is 35.5. The number of amides is 1. The average Bonchev–Trinajstić information content (AvgIpc) is 2.42. The lowest BCUT2D eigenvalue weighted by atomic mass is 10.3. The van der Waals surface area contributed by atoms with E-state index < -0.39 is 5.97 Å². The normalized spacial score (nSPS) is 10.0. The molecule has 1 aromatic carbocycles. The molecule has 5 nitrogen and oxygen atoms in total. The number of ether oxygens (including phenoxy) is 2. The van der Waals surface area contributed by atoms with Crippen molar-refractivity contribution >= 4 is 35.1 Å². The first-order chi connectivity index (χ1) is 9.43. The minimum Gasteiger partial charge on any atom is -0.493 e. The van der Waals surface area contributed by atoms with E-state index in [1.165, 1.54) is 19.1 Å². The van der Waals surface area contributed by atoms with Crippen molar-refractivity contribution in [1.82, 2.24) is 4.90 Å². The maximum absolute atomic E-state index is 11.7. The van der Waals surface area contributed by atoms with Gasteiger partial charge in [0.25, 0.3) is 0 Å². The number of carbonyl (C=O) groups excluding carboxylic acids is 2. The Hall–Kier alpha value is -1.46. The molecule has 0 spiro atoms. The number of hydrogen-bond donors (Lipinski definition) is 0. The summed E-state index contributed by atoms with van der Waals surface area (Å²) in [6, 6.07) is 4.85. The molecule has 0 fully saturated rings. The first-order valence-corrected chi connectivity index (χ1v) is 6.58. The van der Waals surface area contributed by atoms with E-state index in [0.29, 0.717) is 15.8 Å². The first-order valence-electron chi connectivity index (χ1n) is 5.82. The van der Waals surface area contributed by atoms with Crippen LogP contribution in [0.5, 0.6) is 5.75 Å². The maximum atomic E-state index is 11.7. The molecule has 0 aliphatic carbocycles. The predicted octanol–water partition coefficient (Wildman–Crippen LogP) is 2.39. The number of nitrogens with zero attached hydrogens (tertiary/aromatic N) is 1. The quantitative estimate of drug-likeness (QED) is 0.755. The number of benzene rings is 1. The largest absolute Gasteiger partial charge is 0.493 e. The fourth-order valence-electron chi connectivity index (χ4n) is 1.36. The van der Waals surface area contributed by atoms with Crippen LogP contribution in [0, 0.1) is 0 Å². The molecule has 0 radical (unpaired) electrons. The van der Waals surface area contributed by atoms with E-state index in [9.17, 15) is 9.59 Å². The highest BCUT2D eigenvalue weighted by Gasteiger charge is 2.13. The molecular weight excluding hydrogens is 305 g/mol. The fraction of sp³-hybridized carbons (Fsp3) is 0.385. The Morgan fingerprint density at radius 1 is 1.25 bits per heavy atom. The molecule has 0 saturated heterocycles. The fourth-order valence-corrected chi connectivity index (χ4v) is 1.65. The Labute approximate surface area is 127 Å². The predicted molar refractivity (Wildman–Crippen MR) is 76.2 cm³/mol. The lowest BCUT2D eigenvalue weighted by molar-refractivity contribution is -0.146. The number of hydrogen-bond acceptors (Lipinski definition) is 4. The van der Waals surface area contributed by atoms with E-state index in [1.54, 1.807) is 18.2 Å². The van der Waals surface area contributed by atoms with E-state index in [2.05, 4.69) is 4.74 Å². The van der Waals surface area contributed by atoms with Crippen molar-refractivity contribution in [2.24, 2.45) is 0 Å². The Bertz CT molecular complexity index is 493. The van der Waals surface area contributed by atoms with E-state index in [1.807, 2.05) is 0 Å². The summed E-state index contributed by atoms with van der Waals surface area (Å²) in [5.74, 6) is -0.149. The van der Waals surface area contributed by atoms with Crippen LogP contribution in [0.15, 0.2) is 18.2 Å². The highest BCUT2D eigenvalue weighted by molar-refractivity contribution is 6.42. The van der Waals surface area contributed by atoms with Crippen molar-refractivity contribution in [3.8, 4) is 5.75 Å². The standard InChI is InChI=1S/C13H15Cl2NO4/c1-16(8-13(18)19-2)12(17)5-6-20-9-3-4-10(14)11(15)7-9/h3-4,7H,5-6,8H2,1-2H3. The van der Waals surface area contributed by atoms with E-state index in [0.717, 1.165) is 0 Å². The van der Waals surface area contributed by atoms with Crippen molar-refractivity contribution < 1.29 is 19.1 Å². The van der Waals surface area contributed by atoms with Crippen LogP contribution in [0.4, 0.5) is 0 Å². The Balaban J connectivity index is 2.38. The SMILES string of the molecule is COC(=O)CN(C)C(=O)CCOc1ccc(Cl)c(Cl)c1. The summed E-state index contributed by atoms with van der Waals surface area (Å²) >= 11 is 11.6. The molecule has 0 atom stereocenters. The second-order valence-electron chi connectivity index (χ2n) is 4.00.